The smallest absolute Gasteiger partial charge is 0.126 e. The van der Waals surface area contributed by atoms with E-state index < -0.39 is 0 Å². The fraction of sp³-hybridized carbons (Fsp3) is 0.600. The Hall–Kier alpha value is -1.09. The summed E-state index contributed by atoms with van der Waals surface area (Å²) in [5.74, 6) is 0.512. The van der Waals surface area contributed by atoms with E-state index in [1.165, 1.54) is 0 Å². The summed E-state index contributed by atoms with van der Waals surface area (Å²) in [6, 6.07) is 6.04. The molecule has 1 aliphatic heterocycles. The van der Waals surface area contributed by atoms with Crippen LogP contribution in [0.2, 0.25) is 0 Å². The van der Waals surface area contributed by atoms with Gasteiger partial charge in [-0.1, -0.05) is 13.8 Å². The van der Waals surface area contributed by atoms with Crippen molar-refractivity contribution in [3.05, 3.63) is 29.6 Å². The van der Waals surface area contributed by atoms with Crippen LogP contribution >= 0.6 is 0 Å². The van der Waals surface area contributed by atoms with Gasteiger partial charge in [-0.05, 0) is 49.6 Å². The van der Waals surface area contributed by atoms with Gasteiger partial charge in [0.05, 0.1) is 0 Å². The van der Waals surface area contributed by atoms with Gasteiger partial charge in [0.25, 0.3) is 0 Å². The van der Waals surface area contributed by atoms with Crippen molar-refractivity contribution in [3.8, 4) is 0 Å². The Morgan fingerprint density at radius 2 is 2.22 bits per heavy atom. The predicted molar refractivity (Wildman–Crippen MR) is 74.6 cm³/mol. The number of rotatable bonds is 3. The van der Waals surface area contributed by atoms with Crippen LogP contribution in [0.3, 0.4) is 0 Å². The van der Waals surface area contributed by atoms with Crippen molar-refractivity contribution in [3.63, 3.8) is 0 Å². The van der Waals surface area contributed by atoms with E-state index in [9.17, 15) is 4.39 Å². The fourth-order valence-corrected chi connectivity index (χ4v) is 2.77. The minimum atomic E-state index is -0.116. The first-order valence-electron chi connectivity index (χ1n) is 6.86. The maximum atomic E-state index is 13.3. The monoisotopic (exact) mass is 250 g/mol. The van der Waals surface area contributed by atoms with Crippen LogP contribution < -0.4 is 10.2 Å². The maximum absolute atomic E-state index is 13.3. The van der Waals surface area contributed by atoms with Gasteiger partial charge in [-0.15, -0.1) is 0 Å². The lowest BCUT2D eigenvalue weighted by atomic mass is 9.93. The molecular weight excluding hydrogens is 227 g/mol. The molecule has 0 aliphatic carbocycles. The van der Waals surface area contributed by atoms with Gasteiger partial charge in [0, 0.05) is 24.8 Å². The molecule has 0 spiro atoms. The number of hydrogen-bond acceptors (Lipinski definition) is 2. The Morgan fingerprint density at radius 3 is 2.83 bits per heavy atom. The molecule has 0 amide bonds. The molecule has 2 unspecified atom stereocenters. The number of hydrogen-bond donors (Lipinski definition) is 1. The van der Waals surface area contributed by atoms with Crippen LogP contribution in [0.4, 0.5) is 10.1 Å². The van der Waals surface area contributed by atoms with Crippen LogP contribution in [0.5, 0.6) is 0 Å². The summed E-state index contributed by atoms with van der Waals surface area (Å²) in [5.41, 5.74) is 1.88. The Labute approximate surface area is 109 Å². The standard InChI is InChI=1S/C15H23FN2/c1-4-17-15-7-8-18(10-12(15)3)13-5-6-14(16)11(2)9-13/h5-6,9,12,15,17H,4,7-8,10H2,1-3H3. The zero-order valence-electron chi connectivity index (χ0n) is 11.5. The normalized spacial score (nSPS) is 24.3. The molecule has 0 bridgehead atoms. The molecule has 2 rings (SSSR count). The van der Waals surface area contributed by atoms with Crippen LogP contribution in [-0.2, 0) is 0 Å². The van der Waals surface area contributed by atoms with Gasteiger partial charge >= 0.3 is 0 Å². The molecule has 1 N–H and O–H groups in total. The Balaban J connectivity index is 2.05. The molecule has 0 saturated carbocycles. The minimum absolute atomic E-state index is 0.116. The highest BCUT2D eigenvalue weighted by Crippen LogP contribution is 2.24. The zero-order chi connectivity index (χ0) is 13.1. The second kappa shape index (κ2) is 5.70. The van der Waals surface area contributed by atoms with Gasteiger partial charge in [0.15, 0.2) is 0 Å². The molecule has 1 fully saturated rings. The van der Waals surface area contributed by atoms with E-state index in [0.29, 0.717) is 12.0 Å². The topological polar surface area (TPSA) is 15.3 Å². The summed E-state index contributed by atoms with van der Waals surface area (Å²) in [5, 5.41) is 3.54. The van der Waals surface area contributed by atoms with Crippen molar-refractivity contribution in [1.29, 1.82) is 0 Å². The maximum Gasteiger partial charge on any atom is 0.126 e. The molecule has 3 heteroatoms. The largest absolute Gasteiger partial charge is 0.371 e. The number of halogens is 1. The molecule has 2 atom stereocenters. The van der Waals surface area contributed by atoms with E-state index in [-0.39, 0.29) is 5.82 Å². The van der Waals surface area contributed by atoms with Crippen LogP contribution in [0.25, 0.3) is 0 Å². The SMILES string of the molecule is CCNC1CCN(c2ccc(F)c(C)c2)CC1C. The Morgan fingerprint density at radius 1 is 1.44 bits per heavy atom. The molecule has 100 valence electrons. The highest BCUT2D eigenvalue weighted by atomic mass is 19.1. The van der Waals surface area contributed by atoms with E-state index in [1.54, 1.807) is 6.07 Å². The van der Waals surface area contributed by atoms with Crippen LogP contribution in [0.15, 0.2) is 18.2 Å². The van der Waals surface area contributed by atoms with Crippen molar-refractivity contribution in [2.45, 2.75) is 33.2 Å². The van der Waals surface area contributed by atoms with Crippen molar-refractivity contribution in [2.24, 2.45) is 5.92 Å². The van der Waals surface area contributed by atoms with Gasteiger partial charge in [-0.2, -0.15) is 0 Å². The van der Waals surface area contributed by atoms with Crippen molar-refractivity contribution in [1.82, 2.24) is 5.32 Å². The van der Waals surface area contributed by atoms with Crippen LogP contribution in [0.1, 0.15) is 25.8 Å². The number of nitrogens with one attached hydrogen (secondary N) is 1. The molecule has 1 aliphatic rings. The van der Waals surface area contributed by atoms with Crippen molar-refractivity contribution < 1.29 is 4.39 Å². The second-order valence-corrected chi connectivity index (χ2v) is 5.31. The van der Waals surface area contributed by atoms with Crippen molar-refractivity contribution in [2.75, 3.05) is 24.5 Å². The highest BCUT2D eigenvalue weighted by molar-refractivity contribution is 5.49. The molecule has 2 nitrogen and oxygen atoms in total. The number of aryl methyl sites for hydroxylation is 1. The number of benzene rings is 1. The summed E-state index contributed by atoms with van der Waals surface area (Å²) < 4.78 is 13.3. The van der Waals surface area contributed by atoms with Crippen LogP contribution in [0, 0.1) is 18.7 Å². The average Bonchev–Trinajstić information content (AvgIpc) is 2.35. The van der Waals surface area contributed by atoms with Gasteiger partial charge in [-0.25, -0.2) is 4.39 Å². The van der Waals surface area contributed by atoms with Gasteiger partial charge in [0.1, 0.15) is 5.82 Å². The van der Waals surface area contributed by atoms with Crippen LogP contribution in [-0.4, -0.2) is 25.7 Å². The first-order valence-corrected chi connectivity index (χ1v) is 6.86. The quantitative estimate of drug-likeness (QED) is 0.887. The third-order valence-electron chi connectivity index (χ3n) is 3.88. The molecule has 1 aromatic carbocycles. The molecule has 0 aromatic heterocycles. The van der Waals surface area contributed by atoms with Gasteiger partial charge in [-0.3, -0.25) is 0 Å². The first-order chi connectivity index (χ1) is 8.61. The molecule has 1 saturated heterocycles. The lowest BCUT2D eigenvalue weighted by Gasteiger charge is -2.38. The van der Waals surface area contributed by atoms with Gasteiger partial charge in [0.2, 0.25) is 0 Å². The predicted octanol–water partition coefficient (Wildman–Crippen LogP) is 2.96. The third kappa shape index (κ3) is 2.83. The van der Waals surface area contributed by atoms with Crippen molar-refractivity contribution >= 4 is 5.69 Å². The summed E-state index contributed by atoms with van der Waals surface area (Å²) in [6.45, 7) is 9.40. The minimum Gasteiger partial charge on any atom is -0.371 e. The van der Waals surface area contributed by atoms with E-state index in [0.717, 1.165) is 37.3 Å². The zero-order valence-corrected chi connectivity index (χ0v) is 11.5. The van der Waals surface area contributed by atoms with E-state index in [2.05, 4.69) is 24.1 Å². The summed E-state index contributed by atoms with van der Waals surface area (Å²) in [6.07, 6.45) is 1.16. The Kier molecular flexibility index (Phi) is 4.23. The van der Waals surface area contributed by atoms with E-state index in [4.69, 9.17) is 0 Å². The molecule has 0 radical (unpaired) electrons. The fourth-order valence-electron chi connectivity index (χ4n) is 2.77. The molecular formula is C15H23FN2. The molecule has 1 aromatic rings. The second-order valence-electron chi connectivity index (χ2n) is 5.31. The highest BCUT2D eigenvalue weighted by Gasteiger charge is 2.25. The van der Waals surface area contributed by atoms with E-state index in [1.807, 2.05) is 19.1 Å². The summed E-state index contributed by atoms with van der Waals surface area (Å²) in [7, 11) is 0. The Bertz CT molecular complexity index is 405. The first kappa shape index (κ1) is 13.3. The summed E-state index contributed by atoms with van der Waals surface area (Å²) in [4.78, 5) is 2.37. The lowest BCUT2D eigenvalue weighted by molar-refractivity contribution is 0.327. The summed E-state index contributed by atoms with van der Waals surface area (Å²) >= 11 is 0. The third-order valence-corrected chi connectivity index (χ3v) is 3.88. The molecule has 18 heavy (non-hydrogen) atoms. The van der Waals surface area contributed by atoms with E-state index >= 15 is 0 Å². The van der Waals surface area contributed by atoms with Gasteiger partial charge < -0.3 is 10.2 Å². The lowest BCUT2D eigenvalue weighted by Crippen LogP contribution is -2.48. The average molecular weight is 250 g/mol. The number of nitrogens with zero attached hydrogens (tertiary/aromatic N) is 1. The number of piperidine rings is 1. The molecule has 1 heterocycles. The number of anilines is 1.